The van der Waals surface area contributed by atoms with Gasteiger partial charge in [0, 0.05) is 6.42 Å². The molecule has 4 N–H and O–H groups in total. The summed E-state index contributed by atoms with van der Waals surface area (Å²) in [5.41, 5.74) is 0. The molecule has 204 valence electrons. The monoisotopic (exact) mass is 534 g/mol. The summed E-state index contributed by atoms with van der Waals surface area (Å²) in [6.45, 7) is 1.49. The normalized spacial score (nSPS) is 27.0. The molecular formula is C24H47NaO9S. The number of rotatable bonds is 20. The molecule has 0 amide bonds. The fourth-order valence-corrected chi connectivity index (χ4v) is 5.18. The Hall–Kier alpha value is 0.670. The topological polar surface area (TPSA) is 157 Å². The van der Waals surface area contributed by atoms with Crippen molar-refractivity contribution in [3.63, 3.8) is 0 Å². The summed E-state index contributed by atoms with van der Waals surface area (Å²) in [5.74, 6) is -2.33. The first kappa shape index (κ1) is 35.7. The van der Waals surface area contributed by atoms with E-state index in [-0.39, 0.29) is 36.0 Å². The number of aliphatic hydroxyl groups is 4. The Balaban J connectivity index is 0.0000116. The molecule has 0 bridgehead atoms. The molecule has 0 spiro atoms. The Labute approximate surface area is 234 Å². The van der Waals surface area contributed by atoms with E-state index < -0.39 is 47.2 Å². The third-order valence-corrected chi connectivity index (χ3v) is 7.14. The minimum atomic E-state index is -5.27. The number of unbranched alkanes of at least 4 members (excludes halogenated alkanes) is 15. The predicted octanol–water partition coefficient (Wildman–Crippen LogP) is 0.289. The van der Waals surface area contributed by atoms with E-state index in [9.17, 15) is 33.4 Å². The van der Waals surface area contributed by atoms with Crippen LogP contribution in [-0.4, -0.2) is 70.2 Å². The van der Waals surface area contributed by atoms with Crippen molar-refractivity contribution in [3.8, 4) is 0 Å². The molecule has 9 nitrogen and oxygen atoms in total. The second-order valence-corrected chi connectivity index (χ2v) is 10.6. The van der Waals surface area contributed by atoms with Gasteiger partial charge in [-0.15, -0.1) is 0 Å². The van der Waals surface area contributed by atoms with Crippen LogP contribution in [0.25, 0.3) is 0 Å². The summed E-state index contributed by atoms with van der Waals surface area (Å²) in [7, 11) is -5.27. The zero-order valence-corrected chi connectivity index (χ0v) is 24.6. The van der Waals surface area contributed by atoms with E-state index in [2.05, 4.69) is 11.1 Å². The smallest absolute Gasteiger partial charge is 0.725 e. The molecule has 1 aliphatic heterocycles. The van der Waals surface area contributed by atoms with Crippen molar-refractivity contribution in [3.05, 3.63) is 0 Å². The molecule has 1 fully saturated rings. The Morgan fingerprint density at radius 1 is 0.771 bits per heavy atom. The molecule has 0 saturated carbocycles. The molecule has 11 heteroatoms. The van der Waals surface area contributed by atoms with Crippen LogP contribution in [-0.2, 0) is 19.3 Å². The quantitative estimate of drug-likeness (QED) is 0.0746. The van der Waals surface area contributed by atoms with Gasteiger partial charge in [0.2, 0.25) is 16.2 Å². The van der Waals surface area contributed by atoms with Gasteiger partial charge in [0.1, 0.15) is 24.4 Å². The molecule has 0 radical (unpaired) electrons. The van der Waals surface area contributed by atoms with Crippen molar-refractivity contribution in [1.29, 1.82) is 0 Å². The molecule has 0 aromatic carbocycles. The Kier molecular flexibility index (Phi) is 20.1. The third-order valence-electron chi connectivity index (χ3n) is 6.66. The van der Waals surface area contributed by atoms with Gasteiger partial charge in [0.05, 0.1) is 6.61 Å². The maximum atomic E-state index is 11.2. The molecule has 0 aromatic heterocycles. The minimum absolute atomic E-state index is 0. The SMILES string of the molecule is CCCCCCCCCCCCCCCCCCC1(OS(=O)(=O)[O-])O[C@H](CO)[C@@H](O)[C@H](O)[C@H]1O.[Na+]. The zero-order chi connectivity index (χ0) is 25.5. The zero-order valence-electron chi connectivity index (χ0n) is 21.8. The molecule has 1 heterocycles. The predicted molar refractivity (Wildman–Crippen MR) is 128 cm³/mol. The van der Waals surface area contributed by atoms with E-state index >= 15 is 0 Å². The van der Waals surface area contributed by atoms with Crippen LogP contribution in [0.2, 0.25) is 0 Å². The summed E-state index contributed by atoms with van der Waals surface area (Å²) < 4.78 is 43.5. The van der Waals surface area contributed by atoms with Crippen LogP contribution in [0.5, 0.6) is 0 Å². The molecule has 1 aliphatic rings. The molecule has 1 rings (SSSR count). The summed E-state index contributed by atoms with van der Waals surface area (Å²) in [6, 6.07) is 0. The minimum Gasteiger partial charge on any atom is -0.725 e. The first-order valence-corrected chi connectivity index (χ1v) is 14.5. The van der Waals surface area contributed by atoms with Crippen molar-refractivity contribution in [2.75, 3.05) is 6.61 Å². The molecule has 0 aliphatic carbocycles. The number of hydrogen-bond donors (Lipinski definition) is 4. The van der Waals surface area contributed by atoms with E-state index in [0.717, 1.165) is 19.3 Å². The Bertz CT molecular complexity index is 620. The number of aliphatic hydroxyl groups excluding tert-OH is 4. The molecule has 1 saturated heterocycles. The van der Waals surface area contributed by atoms with Crippen LogP contribution in [0.3, 0.4) is 0 Å². The van der Waals surface area contributed by atoms with E-state index in [0.29, 0.717) is 12.8 Å². The van der Waals surface area contributed by atoms with Gasteiger partial charge in [-0.2, -0.15) is 0 Å². The van der Waals surface area contributed by atoms with Crippen molar-refractivity contribution < 1.29 is 71.9 Å². The van der Waals surface area contributed by atoms with Crippen LogP contribution in [0.1, 0.15) is 116 Å². The largest absolute Gasteiger partial charge is 1.00 e. The van der Waals surface area contributed by atoms with Crippen molar-refractivity contribution in [2.24, 2.45) is 0 Å². The van der Waals surface area contributed by atoms with Gasteiger partial charge in [-0.3, -0.25) is 0 Å². The average molecular weight is 535 g/mol. The summed E-state index contributed by atoms with van der Waals surface area (Å²) >= 11 is 0. The fraction of sp³-hybridized carbons (Fsp3) is 1.00. The standard InChI is InChI=1S/C24H48O9S.Na/c1-2-3-4-5-6-7-8-9-10-11-12-13-14-15-16-17-18-24(33-34(29,30)31)23(28)22(27)21(26)20(19-25)32-24;/h20-23,25-28H,2-19H2,1H3,(H,29,30,31);/q;+1/p-1/t20-,21-,22+,23-,24?;/m1./s1. The first-order chi connectivity index (χ1) is 16.2. The van der Waals surface area contributed by atoms with Gasteiger partial charge >= 0.3 is 29.6 Å². The van der Waals surface area contributed by atoms with Crippen LogP contribution in [0, 0.1) is 0 Å². The van der Waals surface area contributed by atoms with E-state index in [4.69, 9.17) is 4.74 Å². The molecular weight excluding hydrogens is 487 g/mol. The van der Waals surface area contributed by atoms with Crippen molar-refractivity contribution in [2.45, 2.75) is 146 Å². The summed E-state index contributed by atoms with van der Waals surface area (Å²) in [6.07, 6.45) is 11.5. The maximum Gasteiger partial charge on any atom is 1.00 e. The van der Waals surface area contributed by atoms with Gasteiger partial charge in [-0.25, -0.2) is 12.6 Å². The van der Waals surface area contributed by atoms with Gasteiger partial charge in [0.15, 0.2) is 0 Å². The molecule has 0 aromatic rings. The van der Waals surface area contributed by atoms with E-state index in [1.165, 1.54) is 70.6 Å². The van der Waals surface area contributed by atoms with Crippen molar-refractivity contribution >= 4 is 10.4 Å². The molecule has 35 heavy (non-hydrogen) atoms. The third kappa shape index (κ3) is 14.4. The van der Waals surface area contributed by atoms with E-state index in [1.54, 1.807) is 0 Å². The van der Waals surface area contributed by atoms with Crippen LogP contribution in [0.15, 0.2) is 0 Å². The number of ether oxygens (including phenoxy) is 1. The summed E-state index contributed by atoms with van der Waals surface area (Å²) in [5, 5.41) is 39.6. The maximum absolute atomic E-state index is 11.2. The van der Waals surface area contributed by atoms with Gasteiger partial charge in [0.25, 0.3) is 0 Å². The van der Waals surface area contributed by atoms with Crippen molar-refractivity contribution in [1.82, 2.24) is 0 Å². The Morgan fingerprint density at radius 3 is 1.54 bits per heavy atom. The average Bonchev–Trinajstić information content (AvgIpc) is 2.78. The fourth-order valence-electron chi connectivity index (χ4n) is 4.62. The van der Waals surface area contributed by atoms with Gasteiger partial charge in [-0.1, -0.05) is 103 Å². The van der Waals surface area contributed by atoms with Crippen LogP contribution in [0.4, 0.5) is 0 Å². The van der Waals surface area contributed by atoms with Gasteiger partial charge in [-0.05, 0) is 6.42 Å². The van der Waals surface area contributed by atoms with Gasteiger partial charge < -0.3 is 29.7 Å². The molecule has 5 atom stereocenters. The first-order valence-electron chi connectivity index (χ1n) is 13.2. The number of hydrogen-bond acceptors (Lipinski definition) is 9. The summed E-state index contributed by atoms with van der Waals surface area (Å²) in [4.78, 5) is 0. The van der Waals surface area contributed by atoms with E-state index in [1.807, 2.05) is 0 Å². The molecule has 1 unspecified atom stereocenters. The van der Waals surface area contributed by atoms with Crippen LogP contribution < -0.4 is 29.6 Å². The second-order valence-electron chi connectivity index (χ2n) is 9.62. The Morgan fingerprint density at radius 2 is 1.17 bits per heavy atom. The van der Waals surface area contributed by atoms with Crippen LogP contribution >= 0.6 is 0 Å². The second kappa shape index (κ2) is 19.7.